The zero-order valence-electron chi connectivity index (χ0n) is 17.5. The van der Waals surface area contributed by atoms with Gasteiger partial charge in [-0.2, -0.15) is 8.78 Å². The molecule has 1 N–H and O–H groups in total. The topological polar surface area (TPSA) is 77.8 Å². The quantitative estimate of drug-likeness (QED) is 0.396. The number of hydrogen-bond donors (Lipinski definition) is 1. The molecule has 4 aromatic rings. The van der Waals surface area contributed by atoms with Crippen LogP contribution in [0.25, 0.3) is 16.6 Å². The molecule has 0 bridgehead atoms. The van der Waals surface area contributed by atoms with E-state index < -0.39 is 11.9 Å². The number of aryl methyl sites for hydroxylation is 1. The second-order valence-corrected chi connectivity index (χ2v) is 8.32. The SMILES string of the molecule is COc1ccc2c(C)cc3nnc(SC(C)C(=O)Nc4ccccc4OC(F)F)n3c2c1. The summed E-state index contributed by atoms with van der Waals surface area (Å²) in [6.07, 6.45) is 0. The van der Waals surface area contributed by atoms with Crippen LogP contribution in [0.1, 0.15) is 12.5 Å². The van der Waals surface area contributed by atoms with Gasteiger partial charge in [0.2, 0.25) is 5.91 Å². The molecule has 1 amide bonds. The maximum Gasteiger partial charge on any atom is 0.387 e. The highest BCUT2D eigenvalue weighted by molar-refractivity contribution is 8.00. The number of amides is 1. The molecule has 2 heterocycles. The van der Waals surface area contributed by atoms with Crippen LogP contribution in [0.5, 0.6) is 11.5 Å². The Hall–Kier alpha value is -3.40. The number of para-hydroxylation sites is 2. The van der Waals surface area contributed by atoms with Crippen LogP contribution >= 0.6 is 11.8 Å². The number of fused-ring (bicyclic) bond motifs is 3. The molecule has 0 saturated heterocycles. The zero-order valence-corrected chi connectivity index (χ0v) is 18.3. The van der Waals surface area contributed by atoms with Gasteiger partial charge >= 0.3 is 6.61 Å². The first-order chi connectivity index (χ1) is 15.4. The van der Waals surface area contributed by atoms with Crippen LogP contribution < -0.4 is 14.8 Å². The number of hydrogen-bond acceptors (Lipinski definition) is 6. The number of benzene rings is 2. The summed E-state index contributed by atoms with van der Waals surface area (Å²) in [5.41, 5.74) is 2.71. The molecular weight excluding hydrogens is 438 g/mol. The number of rotatable bonds is 7. The van der Waals surface area contributed by atoms with E-state index in [9.17, 15) is 13.6 Å². The van der Waals surface area contributed by atoms with Crippen LogP contribution in [0.4, 0.5) is 14.5 Å². The molecule has 2 aromatic heterocycles. The van der Waals surface area contributed by atoms with Crippen molar-refractivity contribution in [3.8, 4) is 11.5 Å². The zero-order chi connectivity index (χ0) is 22.8. The van der Waals surface area contributed by atoms with Gasteiger partial charge < -0.3 is 14.8 Å². The van der Waals surface area contributed by atoms with Crippen molar-refractivity contribution in [2.24, 2.45) is 0 Å². The number of ether oxygens (including phenoxy) is 2. The minimum absolute atomic E-state index is 0.102. The number of halogens is 2. The summed E-state index contributed by atoms with van der Waals surface area (Å²) in [6.45, 7) is 0.704. The Morgan fingerprint density at radius 2 is 1.94 bits per heavy atom. The highest BCUT2D eigenvalue weighted by atomic mass is 32.2. The summed E-state index contributed by atoms with van der Waals surface area (Å²) in [5, 5.41) is 12.1. The standard InChI is InChI=1S/C22H20F2N4O3S/c1-12-10-19-26-27-22(28(19)17-11-14(30-3)8-9-15(12)17)32-13(2)20(29)25-16-6-4-5-7-18(16)31-21(23)24/h4-11,13,21H,1-3H3,(H,25,29). The van der Waals surface area contributed by atoms with Crippen LogP contribution in [0.2, 0.25) is 0 Å². The lowest BCUT2D eigenvalue weighted by atomic mass is 10.1. The van der Waals surface area contributed by atoms with Crippen LogP contribution in [0.3, 0.4) is 0 Å². The van der Waals surface area contributed by atoms with Crippen LogP contribution in [0.15, 0.2) is 53.7 Å². The third-order valence-electron chi connectivity index (χ3n) is 4.89. The molecule has 0 saturated carbocycles. The predicted molar refractivity (Wildman–Crippen MR) is 119 cm³/mol. The van der Waals surface area contributed by atoms with Gasteiger partial charge in [0.1, 0.15) is 11.5 Å². The monoisotopic (exact) mass is 458 g/mol. The van der Waals surface area contributed by atoms with E-state index in [2.05, 4.69) is 20.3 Å². The number of aromatic nitrogens is 3. The first-order valence-corrected chi connectivity index (χ1v) is 10.6. The number of pyridine rings is 1. The highest BCUT2D eigenvalue weighted by Gasteiger charge is 2.21. The average molecular weight is 458 g/mol. The Morgan fingerprint density at radius 1 is 1.16 bits per heavy atom. The molecule has 166 valence electrons. The molecule has 1 unspecified atom stereocenters. The summed E-state index contributed by atoms with van der Waals surface area (Å²) in [7, 11) is 1.60. The van der Waals surface area contributed by atoms with E-state index in [1.54, 1.807) is 26.2 Å². The first-order valence-electron chi connectivity index (χ1n) is 9.71. The summed E-state index contributed by atoms with van der Waals surface area (Å²) in [6, 6.07) is 13.7. The maximum atomic E-state index is 12.8. The van der Waals surface area contributed by atoms with Crippen LogP contribution in [0, 0.1) is 6.92 Å². The first kappa shape index (κ1) is 21.8. The normalized spacial score (nSPS) is 12.3. The number of nitrogens with zero attached hydrogens (tertiary/aromatic N) is 3. The summed E-state index contributed by atoms with van der Waals surface area (Å²) in [5.74, 6) is 0.205. The maximum absolute atomic E-state index is 12.8. The van der Waals surface area contributed by atoms with E-state index in [0.717, 1.165) is 16.5 Å². The van der Waals surface area contributed by atoms with Gasteiger partial charge in [0.25, 0.3) is 0 Å². The molecule has 0 fully saturated rings. The van der Waals surface area contributed by atoms with Crippen molar-refractivity contribution in [2.75, 3.05) is 12.4 Å². The second-order valence-electron chi connectivity index (χ2n) is 7.01. The fourth-order valence-corrected chi connectivity index (χ4v) is 4.19. The van der Waals surface area contributed by atoms with Gasteiger partial charge in [0, 0.05) is 11.5 Å². The lowest BCUT2D eigenvalue weighted by Gasteiger charge is -2.15. The second kappa shape index (κ2) is 8.99. The van der Waals surface area contributed by atoms with Crippen molar-refractivity contribution in [1.29, 1.82) is 0 Å². The Kier molecular flexibility index (Phi) is 6.13. The van der Waals surface area contributed by atoms with E-state index in [4.69, 9.17) is 4.74 Å². The van der Waals surface area contributed by atoms with Crippen molar-refractivity contribution in [1.82, 2.24) is 14.6 Å². The summed E-state index contributed by atoms with van der Waals surface area (Å²) >= 11 is 1.21. The Labute approximate surface area is 186 Å². The number of methoxy groups -OCH3 is 1. The number of anilines is 1. The third kappa shape index (κ3) is 4.31. The Balaban J connectivity index is 1.62. The minimum atomic E-state index is -2.99. The van der Waals surface area contributed by atoms with Crippen molar-refractivity contribution in [3.63, 3.8) is 0 Å². The largest absolute Gasteiger partial charge is 0.497 e. The number of carbonyl (C=O) groups excluding carboxylic acids is 1. The van der Waals surface area contributed by atoms with Gasteiger partial charge in [-0.1, -0.05) is 23.9 Å². The molecule has 0 spiro atoms. The fraction of sp³-hybridized carbons (Fsp3) is 0.227. The molecule has 10 heteroatoms. The summed E-state index contributed by atoms with van der Waals surface area (Å²) in [4.78, 5) is 12.8. The number of carbonyl (C=O) groups is 1. The van der Waals surface area contributed by atoms with E-state index in [1.165, 1.54) is 23.9 Å². The lowest BCUT2D eigenvalue weighted by molar-refractivity contribution is -0.115. The lowest BCUT2D eigenvalue weighted by Crippen LogP contribution is -2.23. The molecule has 7 nitrogen and oxygen atoms in total. The highest BCUT2D eigenvalue weighted by Crippen LogP contribution is 2.31. The number of alkyl halides is 2. The van der Waals surface area contributed by atoms with Crippen molar-refractivity contribution in [3.05, 3.63) is 54.1 Å². The summed E-state index contributed by atoms with van der Waals surface area (Å²) < 4.78 is 37.0. The molecule has 32 heavy (non-hydrogen) atoms. The van der Waals surface area contributed by atoms with Gasteiger partial charge in [-0.15, -0.1) is 10.2 Å². The molecule has 0 aliphatic heterocycles. The van der Waals surface area contributed by atoms with Crippen LogP contribution in [-0.4, -0.2) is 39.5 Å². The predicted octanol–water partition coefficient (Wildman–Crippen LogP) is 4.92. The van der Waals surface area contributed by atoms with E-state index in [-0.39, 0.29) is 17.3 Å². The van der Waals surface area contributed by atoms with Crippen molar-refractivity contribution >= 4 is 39.9 Å². The van der Waals surface area contributed by atoms with Gasteiger partial charge in [0.05, 0.1) is 23.6 Å². The molecule has 4 rings (SSSR count). The fourth-order valence-electron chi connectivity index (χ4n) is 3.32. The van der Waals surface area contributed by atoms with E-state index in [1.807, 2.05) is 35.6 Å². The number of thioether (sulfide) groups is 1. The Morgan fingerprint density at radius 3 is 2.69 bits per heavy atom. The van der Waals surface area contributed by atoms with E-state index >= 15 is 0 Å². The van der Waals surface area contributed by atoms with Gasteiger partial charge in [-0.05, 0) is 49.7 Å². The molecule has 2 aromatic carbocycles. The van der Waals surface area contributed by atoms with E-state index in [0.29, 0.717) is 16.6 Å². The van der Waals surface area contributed by atoms with Gasteiger partial charge in [-0.3, -0.25) is 9.20 Å². The molecular formula is C22H20F2N4O3S. The average Bonchev–Trinajstić information content (AvgIpc) is 3.16. The molecule has 0 aliphatic rings. The molecule has 0 radical (unpaired) electrons. The molecule has 1 atom stereocenters. The van der Waals surface area contributed by atoms with Crippen molar-refractivity contribution in [2.45, 2.75) is 30.9 Å². The number of nitrogens with one attached hydrogen (secondary N) is 1. The smallest absolute Gasteiger partial charge is 0.387 e. The van der Waals surface area contributed by atoms with Gasteiger partial charge in [0.15, 0.2) is 10.8 Å². The Bertz CT molecular complexity index is 1300. The molecule has 0 aliphatic carbocycles. The van der Waals surface area contributed by atoms with Gasteiger partial charge in [-0.25, -0.2) is 0 Å². The van der Waals surface area contributed by atoms with Crippen molar-refractivity contribution < 1.29 is 23.0 Å². The van der Waals surface area contributed by atoms with Crippen LogP contribution in [-0.2, 0) is 4.79 Å². The minimum Gasteiger partial charge on any atom is -0.497 e. The third-order valence-corrected chi connectivity index (χ3v) is 5.93.